The van der Waals surface area contributed by atoms with E-state index < -0.39 is 15.8 Å². The van der Waals surface area contributed by atoms with Crippen LogP contribution >= 0.6 is 34.8 Å². The standard InChI is InChI=1S/C12H12Cl3NO5/c1-18-8-3-2-4-9(7-8)21-10(17)16-12(11(13,14)15)19-5-6-20-12/h2-4,7H,5-6H2,1H3,(H,16,17). The number of amides is 1. The van der Waals surface area contributed by atoms with Crippen LogP contribution in [-0.2, 0) is 9.47 Å². The Morgan fingerprint density at radius 2 is 1.90 bits per heavy atom. The van der Waals surface area contributed by atoms with E-state index in [4.69, 9.17) is 53.8 Å². The summed E-state index contributed by atoms with van der Waals surface area (Å²) < 4.78 is 18.5. The van der Waals surface area contributed by atoms with E-state index in [1.807, 2.05) is 0 Å². The van der Waals surface area contributed by atoms with Crippen molar-refractivity contribution >= 4 is 40.9 Å². The third kappa shape index (κ3) is 3.84. The third-order valence-electron chi connectivity index (χ3n) is 2.59. The number of carbonyl (C=O) groups excluding carboxylic acids is 1. The average Bonchev–Trinajstić information content (AvgIpc) is 2.88. The topological polar surface area (TPSA) is 66.0 Å². The molecule has 0 bridgehead atoms. The zero-order valence-corrected chi connectivity index (χ0v) is 13.2. The molecule has 0 atom stereocenters. The average molecular weight is 357 g/mol. The molecule has 1 aromatic carbocycles. The van der Waals surface area contributed by atoms with Crippen LogP contribution in [0, 0.1) is 0 Å². The van der Waals surface area contributed by atoms with Gasteiger partial charge in [0, 0.05) is 6.07 Å². The maximum Gasteiger partial charge on any atom is 0.416 e. The number of halogens is 3. The molecule has 1 fully saturated rings. The summed E-state index contributed by atoms with van der Waals surface area (Å²) in [5.74, 6) is -1.10. The quantitative estimate of drug-likeness (QED) is 0.844. The molecule has 0 spiro atoms. The van der Waals surface area contributed by atoms with Crippen molar-refractivity contribution in [1.29, 1.82) is 0 Å². The van der Waals surface area contributed by atoms with Gasteiger partial charge in [-0.05, 0) is 12.1 Å². The van der Waals surface area contributed by atoms with E-state index in [1.165, 1.54) is 13.2 Å². The van der Waals surface area contributed by atoms with Crippen molar-refractivity contribution in [1.82, 2.24) is 5.32 Å². The Balaban J connectivity index is 2.06. The number of methoxy groups -OCH3 is 1. The number of carbonyl (C=O) groups is 1. The van der Waals surface area contributed by atoms with Gasteiger partial charge in [0.25, 0.3) is 3.79 Å². The van der Waals surface area contributed by atoms with Crippen LogP contribution < -0.4 is 14.8 Å². The Kier molecular flexibility index (Phi) is 5.06. The smallest absolute Gasteiger partial charge is 0.416 e. The normalized spacial score (nSPS) is 17.3. The minimum Gasteiger partial charge on any atom is -0.497 e. The lowest BCUT2D eigenvalue weighted by Crippen LogP contribution is -2.59. The van der Waals surface area contributed by atoms with Crippen LogP contribution in [0.5, 0.6) is 11.5 Å². The Labute approximate surface area is 136 Å². The number of alkyl halides is 3. The minimum absolute atomic E-state index is 0.174. The summed E-state index contributed by atoms with van der Waals surface area (Å²) in [5.41, 5.74) is 0. The first-order valence-electron chi connectivity index (χ1n) is 5.85. The van der Waals surface area contributed by atoms with Crippen molar-refractivity contribution < 1.29 is 23.7 Å². The van der Waals surface area contributed by atoms with Gasteiger partial charge in [-0.25, -0.2) is 4.79 Å². The lowest BCUT2D eigenvalue weighted by Gasteiger charge is -2.33. The fourth-order valence-corrected chi connectivity index (χ4v) is 2.12. The van der Waals surface area contributed by atoms with E-state index in [2.05, 4.69) is 5.32 Å². The minimum atomic E-state index is -2.02. The second-order valence-electron chi connectivity index (χ2n) is 4.00. The van der Waals surface area contributed by atoms with Gasteiger partial charge in [0.05, 0.1) is 20.3 Å². The van der Waals surface area contributed by atoms with Crippen molar-refractivity contribution in [2.24, 2.45) is 0 Å². The molecule has 0 aromatic heterocycles. The van der Waals surface area contributed by atoms with E-state index in [9.17, 15) is 4.79 Å². The SMILES string of the molecule is COc1cccc(OC(=O)NC2(C(Cl)(Cl)Cl)OCCO2)c1. The summed E-state index contributed by atoms with van der Waals surface area (Å²) >= 11 is 17.3. The number of benzene rings is 1. The predicted octanol–water partition coefficient (Wildman–Crippen LogP) is 2.85. The van der Waals surface area contributed by atoms with Crippen LogP contribution in [0.3, 0.4) is 0 Å². The Hall–Kier alpha value is -0.920. The molecule has 0 aliphatic carbocycles. The fraction of sp³-hybridized carbons (Fsp3) is 0.417. The molecule has 6 nitrogen and oxygen atoms in total. The van der Waals surface area contributed by atoms with E-state index in [-0.39, 0.29) is 19.0 Å². The van der Waals surface area contributed by atoms with Gasteiger partial charge >= 0.3 is 12.0 Å². The molecule has 1 aliphatic heterocycles. The molecule has 1 aliphatic rings. The largest absolute Gasteiger partial charge is 0.497 e. The maximum absolute atomic E-state index is 11.9. The zero-order valence-electron chi connectivity index (χ0n) is 10.9. The van der Waals surface area contributed by atoms with Gasteiger partial charge in [-0.3, -0.25) is 5.32 Å². The van der Waals surface area contributed by atoms with Gasteiger partial charge in [0.1, 0.15) is 11.5 Å². The van der Waals surface area contributed by atoms with Crippen molar-refractivity contribution in [3.05, 3.63) is 24.3 Å². The van der Waals surface area contributed by atoms with Gasteiger partial charge < -0.3 is 18.9 Å². The highest BCUT2D eigenvalue weighted by atomic mass is 35.6. The van der Waals surface area contributed by atoms with E-state index in [1.54, 1.807) is 18.2 Å². The van der Waals surface area contributed by atoms with Gasteiger partial charge in [-0.15, -0.1) is 0 Å². The van der Waals surface area contributed by atoms with Crippen LogP contribution in [0.2, 0.25) is 0 Å². The highest BCUT2D eigenvalue weighted by Gasteiger charge is 2.56. The van der Waals surface area contributed by atoms with Crippen LogP contribution in [-0.4, -0.2) is 36.1 Å². The first-order valence-corrected chi connectivity index (χ1v) is 6.98. The van der Waals surface area contributed by atoms with Crippen molar-refractivity contribution in [2.45, 2.75) is 9.70 Å². The van der Waals surface area contributed by atoms with Gasteiger partial charge in [-0.2, -0.15) is 0 Å². The molecule has 1 amide bonds. The Morgan fingerprint density at radius 3 is 2.48 bits per heavy atom. The lowest BCUT2D eigenvalue weighted by atomic mass is 10.3. The van der Waals surface area contributed by atoms with E-state index >= 15 is 0 Å². The molecule has 1 heterocycles. The highest BCUT2D eigenvalue weighted by molar-refractivity contribution is 6.68. The number of rotatable bonds is 3. The molecule has 116 valence electrons. The van der Waals surface area contributed by atoms with Crippen molar-refractivity contribution in [2.75, 3.05) is 20.3 Å². The number of ether oxygens (including phenoxy) is 4. The molecule has 9 heteroatoms. The number of hydrogen-bond acceptors (Lipinski definition) is 5. The molecule has 1 N–H and O–H groups in total. The lowest BCUT2D eigenvalue weighted by molar-refractivity contribution is -0.170. The molecule has 21 heavy (non-hydrogen) atoms. The van der Waals surface area contributed by atoms with Gasteiger partial charge in [0.2, 0.25) is 0 Å². The molecule has 1 aromatic rings. The van der Waals surface area contributed by atoms with E-state index in [0.717, 1.165) is 0 Å². The first-order chi connectivity index (χ1) is 9.86. The summed E-state index contributed by atoms with van der Waals surface area (Å²) in [6.07, 6.45) is -0.892. The predicted molar refractivity (Wildman–Crippen MR) is 77.1 cm³/mol. The third-order valence-corrected chi connectivity index (χ3v) is 3.33. The molecule has 0 unspecified atom stereocenters. The van der Waals surface area contributed by atoms with Crippen LogP contribution in [0.4, 0.5) is 4.79 Å². The molecule has 0 saturated carbocycles. The summed E-state index contributed by atoms with van der Waals surface area (Å²) in [4.78, 5) is 11.9. The second kappa shape index (κ2) is 6.46. The summed E-state index contributed by atoms with van der Waals surface area (Å²) in [7, 11) is 1.50. The molecular formula is C12H12Cl3NO5. The van der Waals surface area contributed by atoms with E-state index in [0.29, 0.717) is 5.75 Å². The summed E-state index contributed by atoms with van der Waals surface area (Å²) in [6, 6.07) is 6.46. The summed E-state index contributed by atoms with van der Waals surface area (Å²) in [5, 5.41) is 2.28. The van der Waals surface area contributed by atoms with Gasteiger partial charge in [-0.1, -0.05) is 40.9 Å². The van der Waals surface area contributed by atoms with Crippen LogP contribution in [0.1, 0.15) is 0 Å². The molecule has 2 rings (SSSR count). The number of hydrogen-bond donors (Lipinski definition) is 1. The molecule has 1 saturated heterocycles. The monoisotopic (exact) mass is 355 g/mol. The number of nitrogens with one attached hydrogen (secondary N) is 1. The Morgan fingerprint density at radius 1 is 1.29 bits per heavy atom. The molecule has 0 radical (unpaired) electrons. The zero-order chi connectivity index (χ0) is 15.5. The van der Waals surface area contributed by atoms with Gasteiger partial charge in [0.15, 0.2) is 0 Å². The molecular weight excluding hydrogens is 344 g/mol. The highest BCUT2D eigenvalue weighted by Crippen LogP contribution is 2.42. The van der Waals surface area contributed by atoms with Crippen LogP contribution in [0.15, 0.2) is 24.3 Å². The Bertz CT molecular complexity index is 514. The van der Waals surface area contributed by atoms with Crippen molar-refractivity contribution in [3.63, 3.8) is 0 Å². The fourth-order valence-electron chi connectivity index (χ4n) is 1.65. The maximum atomic E-state index is 11.9. The first kappa shape index (κ1) is 16.5. The summed E-state index contributed by atoms with van der Waals surface area (Å²) in [6.45, 7) is 0.348. The van der Waals surface area contributed by atoms with Crippen LogP contribution in [0.25, 0.3) is 0 Å². The van der Waals surface area contributed by atoms with Crippen molar-refractivity contribution in [3.8, 4) is 11.5 Å². The second-order valence-corrected chi connectivity index (χ2v) is 6.29.